The lowest BCUT2D eigenvalue weighted by Gasteiger charge is -2.02. The van der Waals surface area contributed by atoms with Crippen LogP contribution in [0.25, 0.3) is 11.1 Å². The molecule has 1 heterocycles. The first-order valence-corrected chi connectivity index (χ1v) is 6.14. The summed E-state index contributed by atoms with van der Waals surface area (Å²) < 4.78 is 14.7. The number of benzene rings is 1. The molecule has 0 fully saturated rings. The van der Waals surface area contributed by atoms with Gasteiger partial charge in [-0.1, -0.05) is 12.1 Å². The molecule has 0 aliphatic heterocycles. The van der Waals surface area contributed by atoms with Crippen molar-refractivity contribution < 1.29 is 4.39 Å². The van der Waals surface area contributed by atoms with E-state index in [1.807, 2.05) is 25.0 Å². The average molecular weight is 247 g/mol. The third-order valence-corrected chi connectivity index (χ3v) is 2.90. The van der Waals surface area contributed by atoms with Gasteiger partial charge in [-0.05, 0) is 44.1 Å². The minimum Gasteiger partial charge on any atom is -0.320 e. The van der Waals surface area contributed by atoms with Gasteiger partial charge in [0.1, 0.15) is 5.82 Å². The Morgan fingerprint density at radius 1 is 1.28 bits per heavy atom. The number of rotatable bonds is 5. The lowest BCUT2D eigenvalue weighted by Crippen LogP contribution is -2.08. The molecule has 0 saturated carbocycles. The van der Waals surface area contributed by atoms with Crippen molar-refractivity contribution >= 4 is 0 Å². The van der Waals surface area contributed by atoms with Gasteiger partial charge in [0.25, 0.3) is 0 Å². The lowest BCUT2D eigenvalue weighted by molar-refractivity contribution is 0.628. The smallest absolute Gasteiger partial charge is 0.123 e. The summed E-state index contributed by atoms with van der Waals surface area (Å²) in [7, 11) is 3.86. The van der Waals surface area contributed by atoms with Crippen LogP contribution in [0.3, 0.4) is 0 Å². The Hall–Kier alpha value is -1.68. The number of hydrogen-bond donors (Lipinski definition) is 1. The summed E-state index contributed by atoms with van der Waals surface area (Å²) in [5.74, 6) is -0.209. The van der Waals surface area contributed by atoms with Crippen molar-refractivity contribution in [3.8, 4) is 11.1 Å². The van der Waals surface area contributed by atoms with Crippen LogP contribution >= 0.6 is 0 Å². The predicted octanol–water partition coefficient (Wildman–Crippen LogP) is 2.38. The van der Waals surface area contributed by atoms with E-state index < -0.39 is 0 Å². The Kier molecular flexibility index (Phi) is 4.10. The van der Waals surface area contributed by atoms with Crippen molar-refractivity contribution in [3.05, 3.63) is 42.0 Å². The first-order valence-electron chi connectivity index (χ1n) is 6.14. The monoisotopic (exact) mass is 247 g/mol. The molecule has 0 aliphatic rings. The van der Waals surface area contributed by atoms with Crippen molar-refractivity contribution in [2.24, 2.45) is 7.05 Å². The summed E-state index contributed by atoms with van der Waals surface area (Å²) in [6, 6.07) is 6.57. The molecule has 0 saturated heterocycles. The third-order valence-electron chi connectivity index (χ3n) is 2.90. The fraction of sp³-hybridized carbons (Fsp3) is 0.357. The molecule has 0 atom stereocenters. The molecule has 0 aliphatic carbocycles. The highest BCUT2D eigenvalue weighted by Gasteiger charge is 2.09. The van der Waals surface area contributed by atoms with Gasteiger partial charge >= 0.3 is 0 Å². The zero-order chi connectivity index (χ0) is 13.0. The van der Waals surface area contributed by atoms with Crippen molar-refractivity contribution in [1.82, 2.24) is 15.1 Å². The van der Waals surface area contributed by atoms with Crippen LogP contribution in [-0.2, 0) is 13.5 Å². The Morgan fingerprint density at radius 3 is 2.67 bits per heavy atom. The zero-order valence-corrected chi connectivity index (χ0v) is 10.8. The molecule has 0 bridgehead atoms. The summed E-state index contributed by atoms with van der Waals surface area (Å²) in [6.07, 6.45) is 3.96. The van der Waals surface area contributed by atoms with Gasteiger partial charge in [0.05, 0.1) is 5.69 Å². The van der Waals surface area contributed by atoms with Crippen LogP contribution in [0.1, 0.15) is 12.1 Å². The molecule has 96 valence electrons. The van der Waals surface area contributed by atoms with Crippen LogP contribution in [0.5, 0.6) is 0 Å². The summed E-state index contributed by atoms with van der Waals surface area (Å²) in [4.78, 5) is 0. The second-order valence-electron chi connectivity index (χ2n) is 4.38. The first-order chi connectivity index (χ1) is 8.70. The number of nitrogens with one attached hydrogen (secondary N) is 1. The molecule has 0 radical (unpaired) electrons. The SMILES string of the molecule is CNCCCc1nn(C)cc1-c1ccc(F)cc1. The maximum atomic E-state index is 12.9. The van der Waals surface area contributed by atoms with E-state index in [1.54, 1.807) is 12.1 Å². The van der Waals surface area contributed by atoms with Gasteiger partial charge in [-0.25, -0.2) is 4.39 Å². The van der Waals surface area contributed by atoms with Crippen molar-refractivity contribution in [1.29, 1.82) is 0 Å². The van der Waals surface area contributed by atoms with E-state index in [0.29, 0.717) is 0 Å². The highest BCUT2D eigenvalue weighted by atomic mass is 19.1. The number of aromatic nitrogens is 2. The molecular weight excluding hydrogens is 229 g/mol. The molecule has 18 heavy (non-hydrogen) atoms. The van der Waals surface area contributed by atoms with Crippen LogP contribution < -0.4 is 5.32 Å². The van der Waals surface area contributed by atoms with Crippen LogP contribution in [-0.4, -0.2) is 23.4 Å². The maximum Gasteiger partial charge on any atom is 0.123 e. The van der Waals surface area contributed by atoms with E-state index in [1.165, 1.54) is 12.1 Å². The van der Waals surface area contributed by atoms with Crippen molar-refractivity contribution in [3.63, 3.8) is 0 Å². The summed E-state index contributed by atoms with van der Waals surface area (Å²) in [5, 5.41) is 7.60. The maximum absolute atomic E-state index is 12.9. The minimum atomic E-state index is -0.209. The van der Waals surface area contributed by atoms with Gasteiger partial charge < -0.3 is 5.32 Å². The molecule has 0 amide bonds. The highest BCUT2D eigenvalue weighted by molar-refractivity contribution is 5.65. The molecule has 0 unspecified atom stereocenters. The van der Waals surface area contributed by atoms with E-state index in [4.69, 9.17) is 0 Å². The topological polar surface area (TPSA) is 29.9 Å². The molecule has 2 aromatic rings. The van der Waals surface area contributed by atoms with Gasteiger partial charge in [0.15, 0.2) is 0 Å². The van der Waals surface area contributed by atoms with Crippen LogP contribution in [0, 0.1) is 5.82 Å². The summed E-state index contributed by atoms with van der Waals surface area (Å²) >= 11 is 0. The van der Waals surface area contributed by atoms with E-state index >= 15 is 0 Å². The Labute approximate surface area is 107 Å². The predicted molar refractivity (Wildman–Crippen MR) is 70.8 cm³/mol. The second kappa shape index (κ2) is 5.78. The molecule has 0 spiro atoms. The van der Waals surface area contributed by atoms with E-state index in [9.17, 15) is 4.39 Å². The molecule has 4 heteroatoms. The average Bonchev–Trinajstić information content (AvgIpc) is 2.72. The molecule has 3 nitrogen and oxygen atoms in total. The first kappa shape index (κ1) is 12.8. The summed E-state index contributed by atoms with van der Waals surface area (Å²) in [5.41, 5.74) is 3.18. The quantitative estimate of drug-likeness (QED) is 0.822. The van der Waals surface area contributed by atoms with E-state index in [0.717, 1.165) is 36.2 Å². The molecule has 2 rings (SSSR count). The van der Waals surface area contributed by atoms with Crippen LogP contribution in [0.15, 0.2) is 30.5 Å². The number of aryl methyl sites for hydroxylation is 2. The van der Waals surface area contributed by atoms with Crippen molar-refractivity contribution in [2.75, 3.05) is 13.6 Å². The normalized spacial score (nSPS) is 10.8. The Balaban J connectivity index is 2.23. The molecule has 1 aromatic carbocycles. The fourth-order valence-electron chi connectivity index (χ4n) is 2.02. The van der Waals surface area contributed by atoms with Gasteiger partial charge in [0, 0.05) is 18.8 Å². The van der Waals surface area contributed by atoms with Gasteiger partial charge in [-0.3, -0.25) is 4.68 Å². The van der Waals surface area contributed by atoms with Gasteiger partial charge in [-0.2, -0.15) is 5.10 Å². The standard InChI is InChI=1S/C14H18FN3/c1-16-9-3-4-14-13(10-18(2)17-14)11-5-7-12(15)8-6-11/h5-8,10,16H,3-4,9H2,1-2H3. The molecule has 1 N–H and O–H groups in total. The molecule has 1 aromatic heterocycles. The highest BCUT2D eigenvalue weighted by Crippen LogP contribution is 2.23. The van der Waals surface area contributed by atoms with E-state index in [-0.39, 0.29) is 5.82 Å². The largest absolute Gasteiger partial charge is 0.320 e. The fourth-order valence-corrected chi connectivity index (χ4v) is 2.02. The third kappa shape index (κ3) is 2.96. The lowest BCUT2D eigenvalue weighted by atomic mass is 10.0. The number of nitrogens with zero attached hydrogens (tertiary/aromatic N) is 2. The summed E-state index contributed by atoms with van der Waals surface area (Å²) in [6.45, 7) is 0.972. The van der Waals surface area contributed by atoms with Gasteiger partial charge in [0.2, 0.25) is 0 Å². The number of halogens is 1. The minimum absolute atomic E-state index is 0.209. The van der Waals surface area contributed by atoms with Crippen LogP contribution in [0.4, 0.5) is 4.39 Å². The van der Waals surface area contributed by atoms with Crippen molar-refractivity contribution in [2.45, 2.75) is 12.8 Å². The van der Waals surface area contributed by atoms with E-state index in [2.05, 4.69) is 10.4 Å². The van der Waals surface area contributed by atoms with Gasteiger partial charge in [-0.15, -0.1) is 0 Å². The molecular formula is C14H18FN3. The Bertz CT molecular complexity index is 502. The Morgan fingerprint density at radius 2 is 2.00 bits per heavy atom. The number of hydrogen-bond acceptors (Lipinski definition) is 2. The zero-order valence-electron chi connectivity index (χ0n) is 10.8. The van der Waals surface area contributed by atoms with Crippen LogP contribution in [0.2, 0.25) is 0 Å². The second-order valence-corrected chi connectivity index (χ2v) is 4.38.